The van der Waals surface area contributed by atoms with E-state index < -0.39 is 11.9 Å². The number of nitrogens with one attached hydrogen (secondary N) is 1. The van der Waals surface area contributed by atoms with Crippen molar-refractivity contribution in [3.8, 4) is 0 Å². The van der Waals surface area contributed by atoms with Gasteiger partial charge >= 0.3 is 11.9 Å². The van der Waals surface area contributed by atoms with Crippen molar-refractivity contribution in [1.82, 2.24) is 0 Å². The first kappa shape index (κ1) is 12.5. The van der Waals surface area contributed by atoms with Crippen LogP contribution in [0.15, 0.2) is 16.6 Å². The Morgan fingerprint density at radius 1 is 1.44 bits per heavy atom. The van der Waals surface area contributed by atoms with E-state index in [-0.39, 0.29) is 11.1 Å². The van der Waals surface area contributed by atoms with Crippen LogP contribution in [0.4, 0.5) is 5.69 Å². The van der Waals surface area contributed by atoms with Crippen LogP contribution in [0.1, 0.15) is 20.7 Å². The molecule has 0 fully saturated rings. The molecule has 0 aliphatic rings. The number of benzene rings is 1. The Morgan fingerprint density at radius 2 is 2.06 bits per heavy atom. The van der Waals surface area contributed by atoms with Crippen LogP contribution < -0.4 is 5.32 Å². The summed E-state index contributed by atoms with van der Waals surface area (Å²) >= 11 is 3.19. The Hall–Kier alpha value is -1.56. The van der Waals surface area contributed by atoms with Crippen LogP contribution in [0.3, 0.4) is 0 Å². The van der Waals surface area contributed by atoms with Crippen LogP contribution in [0, 0.1) is 0 Å². The molecule has 0 bridgehead atoms. The molecule has 16 heavy (non-hydrogen) atoms. The summed E-state index contributed by atoms with van der Waals surface area (Å²) in [6.45, 7) is 0. The molecular weight excluding hydrogens is 278 g/mol. The van der Waals surface area contributed by atoms with Crippen molar-refractivity contribution in [2.24, 2.45) is 0 Å². The number of ether oxygens (including phenoxy) is 1. The molecule has 0 aliphatic carbocycles. The molecule has 0 saturated heterocycles. The minimum atomic E-state index is -1.10. The number of methoxy groups -OCH3 is 1. The zero-order valence-corrected chi connectivity index (χ0v) is 10.3. The lowest BCUT2D eigenvalue weighted by atomic mass is 10.1. The monoisotopic (exact) mass is 287 g/mol. The number of aromatic carboxylic acids is 1. The lowest BCUT2D eigenvalue weighted by Gasteiger charge is -2.10. The van der Waals surface area contributed by atoms with E-state index in [2.05, 4.69) is 26.0 Å². The minimum Gasteiger partial charge on any atom is -0.478 e. The minimum absolute atomic E-state index is 0.0197. The summed E-state index contributed by atoms with van der Waals surface area (Å²) in [7, 11) is 2.87. The molecule has 1 rings (SSSR count). The topological polar surface area (TPSA) is 75.6 Å². The summed E-state index contributed by atoms with van der Waals surface area (Å²) in [5.41, 5.74) is 0.694. The number of anilines is 1. The van der Waals surface area contributed by atoms with E-state index in [9.17, 15) is 9.59 Å². The molecule has 0 atom stereocenters. The van der Waals surface area contributed by atoms with Crippen LogP contribution in [-0.4, -0.2) is 31.2 Å². The van der Waals surface area contributed by atoms with Crippen LogP contribution >= 0.6 is 15.9 Å². The Morgan fingerprint density at radius 3 is 2.50 bits per heavy atom. The van der Waals surface area contributed by atoms with Crippen LogP contribution in [0.5, 0.6) is 0 Å². The second-order valence-corrected chi connectivity index (χ2v) is 3.78. The van der Waals surface area contributed by atoms with E-state index in [1.54, 1.807) is 7.05 Å². The summed E-state index contributed by atoms with van der Waals surface area (Å²) in [5.74, 6) is -1.69. The van der Waals surface area contributed by atoms with Crippen molar-refractivity contribution >= 4 is 33.6 Å². The largest absolute Gasteiger partial charge is 0.478 e. The highest BCUT2D eigenvalue weighted by molar-refractivity contribution is 9.10. The molecule has 1 aromatic rings. The number of hydrogen-bond acceptors (Lipinski definition) is 4. The number of hydrogen-bond donors (Lipinski definition) is 2. The number of halogens is 1. The van der Waals surface area contributed by atoms with Gasteiger partial charge in [-0.25, -0.2) is 9.59 Å². The Labute approximate surface area is 101 Å². The van der Waals surface area contributed by atoms with E-state index >= 15 is 0 Å². The molecular formula is C10H10BrNO4. The molecule has 0 saturated carbocycles. The Bertz CT molecular complexity index is 445. The summed E-state index contributed by atoms with van der Waals surface area (Å²) in [4.78, 5) is 22.3. The molecule has 0 radical (unpaired) electrons. The second kappa shape index (κ2) is 4.98. The predicted octanol–water partition coefficient (Wildman–Crippen LogP) is 1.98. The molecule has 1 aromatic carbocycles. The number of esters is 1. The number of rotatable bonds is 3. The lowest BCUT2D eigenvalue weighted by Crippen LogP contribution is -2.09. The zero-order valence-electron chi connectivity index (χ0n) is 8.70. The van der Waals surface area contributed by atoms with Gasteiger partial charge in [0.2, 0.25) is 0 Å². The molecule has 2 N–H and O–H groups in total. The molecule has 5 nitrogen and oxygen atoms in total. The van der Waals surface area contributed by atoms with Crippen molar-refractivity contribution in [3.05, 3.63) is 27.7 Å². The third-order valence-electron chi connectivity index (χ3n) is 1.99. The first-order chi connectivity index (χ1) is 7.51. The molecule has 0 heterocycles. The van der Waals surface area contributed by atoms with Gasteiger partial charge in [-0.1, -0.05) is 0 Å². The highest BCUT2D eigenvalue weighted by Crippen LogP contribution is 2.28. The molecule has 6 heteroatoms. The third kappa shape index (κ3) is 2.33. The van der Waals surface area contributed by atoms with Crippen molar-refractivity contribution in [2.45, 2.75) is 0 Å². The van der Waals surface area contributed by atoms with Gasteiger partial charge < -0.3 is 15.2 Å². The summed E-state index contributed by atoms with van der Waals surface area (Å²) in [6.07, 6.45) is 0. The van der Waals surface area contributed by atoms with Crippen molar-refractivity contribution in [2.75, 3.05) is 19.5 Å². The maximum atomic E-state index is 11.4. The first-order valence-electron chi connectivity index (χ1n) is 4.34. The van der Waals surface area contributed by atoms with Crippen LogP contribution in [0.25, 0.3) is 0 Å². The average molecular weight is 288 g/mol. The lowest BCUT2D eigenvalue weighted by molar-refractivity contribution is 0.0602. The quantitative estimate of drug-likeness (QED) is 0.832. The van der Waals surface area contributed by atoms with Crippen molar-refractivity contribution in [3.63, 3.8) is 0 Å². The van der Waals surface area contributed by atoms with Crippen LogP contribution in [-0.2, 0) is 4.74 Å². The predicted molar refractivity (Wildman–Crippen MR) is 62.0 cm³/mol. The van der Waals surface area contributed by atoms with Gasteiger partial charge in [0.1, 0.15) is 0 Å². The summed E-state index contributed by atoms with van der Waals surface area (Å²) in [6, 6.07) is 2.69. The molecule has 0 aromatic heterocycles. The summed E-state index contributed by atoms with van der Waals surface area (Å²) in [5, 5.41) is 11.7. The molecule has 0 aliphatic heterocycles. The first-order valence-corrected chi connectivity index (χ1v) is 5.13. The highest BCUT2D eigenvalue weighted by atomic mass is 79.9. The van der Waals surface area contributed by atoms with Gasteiger partial charge in [0, 0.05) is 11.5 Å². The van der Waals surface area contributed by atoms with E-state index in [0.717, 1.165) is 0 Å². The van der Waals surface area contributed by atoms with Gasteiger partial charge in [0.05, 0.1) is 23.9 Å². The Kier molecular flexibility index (Phi) is 3.89. The van der Waals surface area contributed by atoms with E-state index in [0.29, 0.717) is 10.2 Å². The van der Waals surface area contributed by atoms with Gasteiger partial charge in [-0.15, -0.1) is 0 Å². The standard InChI is InChI=1S/C10H10BrNO4/c1-12-8-6(10(15)16-2)3-5(9(13)14)4-7(8)11/h3-4,12H,1-2H3,(H,13,14). The number of carboxylic acid groups (broad SMARTS) is 1. The fourth-order valence-electron chi connectivity index (χ4n) is 1.26. The molecule has 0 amide bonds. The highest BCUT2D eigenvalue weighted by Gasteiger charge is 2.17. The van der Waals surface area contributed by atoms with Gasteiger partial charge in [0.15, 0.2) is 0 Å². The van der Waals surface area contributed by atoms with Gasteiger partial charge in [-0.2, -0.15) is 0 Å². The fraction of sp³-hybridized carbons (Fsp3) is 0.200. The zero-order chi connectivity index (χ0) is 12.3. The van der Waals surface area contributed by atoms with E-state index in [4.69, 9.17) is 5.11 Å². The Balaban J connectivity index is 3.42. The normalized spacial score (nSPS) is 9.69. The molecule has 86 valence electrons. The van der Waals surface area contributed by atoms with Crippen molar-refractivity contribution in [1.29, 1.82) is 0 Å². The number of carbonyl (C=O) groups excluding carboxylic acids is 1. The molecule has 0 spiro atoms. The summed E-state index contributed by atoms with van der Waals surface area (Å²) < 4.78 is 5.07. The molecule has 0 unspecified atom stereocenters. The maximum absolute atomic E-state index is 11.4. The van der Waals surface area contributed by atoms with E-state index in [1.807, 2.05) is 0 Å². The average Bonchev–Trinajstić information content (AvgIpc) is 2.26. The number of carbonyl (C=O) groups is 2. The smallest absolute Gasteiger partial charge is 0.340 e. The SMILES string of the molecule is CNc1c(Br)cc(C(=O)O)cc1C(=O)OC. The number of carboxylic acids is 1. The van der Waals surface area contributed by atoms with Crippen molar-refractivity contribution < 1.29 is 19.4 Å². The van der Waals surface area contributed by atoms with Gasteiger partial charge in [0.25, 0.3) is 0 Å². The fourth-order valence-corrected chi connectivity index (χ4v) is 1.91. The van der Waals surface area contributed by atoms with E-state index in [1.165, 1.54) is 19.2 Å². The third-order valence-corrected chi connectivity index (χ3v) is 2.62. The van der Waals surface area contributed by atoms with Gasteiger partial charge in [-0.3, -0.25) is 0 Å². The van der Waals surface area contributed by atoms with Gasteiger partial charge in [-0.05, 0) is 28.1 Å². The van der Waals surface area contributed by atoms with Crippen LogP contribution in [0.2, 0.25) is 0 Å². The second-order valence-electron chi connectivity index (χ2n) is 2.93. The maximum Gasteiger partial charge on any atom is 0.340 e.